The van der Waals surface area contributed by atoms with Crippen molar-refractivity contribution in [3.63, 3.8) is 0 Å². The Balaban J connectivity index is 2.11. The van der Waals surface area contributed by atoms with Crippen LogP contribution in [0.5, 0.6) is 11.9 Å². The maximum absolute atomic E-state index is 5.71. The summed E-state index contributed by atoms with van der Waals surface area (Å²) in [6, 6.07) is 3.86. The largest absolute Gasteiger partial charge is 0.404 e. The number of nitrogens with two attached hydrogens (primary N) is 1. The van der Waals surface area contributed by atoms with Crippen LogP contribution in [0.4, 0.5) is 0 Å². The molecule has 0 fully saturated rings. The van der Waals surface area contributed by atoms with Gasteiger partial charge in [-0.25, -0.2) is 4.98 Å². The lowest BCUT2D eigenvalue weighted by molar-refractivity contribution is 0.422. The molecule has 0 saturated heterocycles. The highest BCUT2D eigenvalue weighted by molar-refractivity contribution is 5.21. The predicted molar refractivity (Wildman–Crippen MR) is 57.9 cm³/mol. The quantitative estimate of drug-likeness (QED) is 0.833. The van der Waals surface area contributed by atoms with Crippen molar-refractivity contribution in [2.75, 3.05) is 0 Å². The van der Waals surface area contributed by atoms with Crippen LogP contribution in [0, 0.1) is 0 Å². The van der Waals surface area contributed by atoms with Crippen LogP contribution < -0.4 is 10.5 Å². The van der Waals surface area contributed by atoms with Crippen LogP contribution >= 0.6 is 0 Å². The molecule has 0 bridgehead atoms. The lowest BCUT2D eigenvalue weighted by Crippen LogP contribution is -2.05. The van der Waals surface area contributed by atoms with Crippen molar-refractivity contribution in [2.24, 2.45) is 12.8 Å². The molecule has 84 valence electrons. The summed E-state index contributed by atoms with van der Waals surface area (Å²) in [5, 5.41) is 3.98. The van der Waals surface area contributed by atoms with Crippen molar-refractivity contribution >= 4 is 0 Å². The molecule has 6 heteroatoms. The molecule has 0 aliphatic carbocycles. The second kappa shape index (κ2) is 4.28. The maximum Gasteiger partial charge on any atom is 0.342 e. The van der Waals surface area contributed by atoms with Gasteiger partial charge < -0.3 is 10.5 Å². The van der Waals surface area contributed by atoms with Crippen molar-refractivity contribution in [1.29, 1.82) is 0 Å². The summed E-state index contributed by atoms with van der Waals surface area (Å²) in [6.45, 7) is 1.90. The number of aromatic nitrogens is 4. The molecule has 0 aliphatic heterocycles. The van der Waals surface area contributed by atoms with Crippen LogP contribution in [0.3, 0.4) is 0 Å². The molecule has 0 unspecified atom stereocenters. The van der Waals surface area contributed by atoms with Gasteiger partial charge in [-0.1, -0.05) is 6.07 Å². The molecule has 0 amide bonds. The van der Waals surface area contributed by atoms with Crippen molar-refractivity contribution in [3.05, 3.63) is 30.2 Å². The van der Waals surface area contributed by atoms with E-state index in [1.807, 2.05) is 13.0 Å². The fourth-order valence-corrected chi connectivity index (χ4v) is 1.18. The summed E-state index contributed by atoms with van der Waals surface area (Å²) < 4.78 is 6.90. The zero-order valence-electron chi connectivity index (χ0n) is 9.16. The van der Waals surface area contributed by atoms with Crippen LogP contribution in [-0.2, 0) is 7.05 Å². The number of pyridine rings is 1. The topological polar surface area (TPSA) is 78.9 Å². The highest BCUT2D eigenvalue weighted by Gasteiger charge is 2.04. The van der Waals surface area contributed by atoms with Gasteiger partial charge in [0.05, 0.1) is 0 Å². The smallest absolute Gasteiger partial charge is 0.342 e. The maximum atomic E-state index is 5.71. The third kappa shape index (κ3) is 2.34. The summed E-state index contributed by atoms with van der Waals surface area (Å²) in [6.07, 6.45) is 3.24. The van der Waals surface area contributed by atoms with Crippen molar-refractivity contribution in [3.8, 4) is 11.9 Å². The van der Waals surface area contributed by atoms with Crippen molar-refractivity contribution < 1.29 is 4.74 Å². The highest BCUT2D eigenvalue weighted by atomic mass is 16.5. The minimum absolute atomic E-state index is 0.0328. The second-order valence-corrected chi connectivity index (χ2v) is 3.52. The van der Waals surface area contributed by atoms with E-state index in [0.29, 0.717) is 5.88 Å². The zero-order valence-corrected chi connectivity index (χ0v) is 9.16. The molecule has 2 aromatic rings. The Morgan fingerprint density at radius 3 is 2.69 bits per heavy atom. The van der Waals surface area contributed by atoms with E-state index >= 15 is 0 Å². The molecule has 2 rings (SSSR count). The van der Waals surface area contributed by atoms with Gasteiger partial charge in [0.25, 0.3) is 0 Å². The highest BCUT2D eigenvalue weighted by Crippen LogP contribution is 2.16. The molecule has 6 nitrogen and oxygen atoms in total. The number of ether oxygens (including phenoxy) is 1. The fraction of sp³-hybridized carbons (Fsp3) is 0.300. The standard InChI is InChI=1S/C10H13N5O/c1-7(11)8-3-4-9(12-5-8)16-10-13-6-15(2)14-10/h3-7H,11H2,1-2H3/t7-/m0/s1. The average molecular weight is 219 g/mol. The molecule has 0 aliphatic rings. The van der Waals surface area contributed by atoms with Crippen molar-refractivity contribution in [1.82, 2.24) is 19.7 Å². The normalized spacial score (nSPS) is 12.4. The third-order valence-electron chi connectivity index (χ3n) is 2.06. The van der Waals surface area contributed by atoms with Crippen LogP contribution in [0.2, 0.25) is 0 Å². The Kier molecular flexibility index (Phi) is 2.82. The summed E-state index contributed by atoms with van der Waals surface area (Å²) in [5.41, 5.74) is 6.67. The van der Waals surface area contributed by atoms with Gasteiger partial charge in [-0.05, 0) is 12.5 Å². The molecule has 0 saturated carbocycles. The lowest BCUT2D eigenvalue weighted by atomic mass is 10.2. The fourth-order valence-electron chi connectivity index (χ4n) is 1.18. The number of nitrogens with zero attached hydrogens (tertiary/aromatic N) is 4. The number of rotatable bonds is 3. The Hall–Kier alpha value is -1.95. The van der Waals surface area contributed by atoms with E-state index in [0.717, 1.165) is 5.56 Å². The van der Waals surface area contributed by atoms with Gasteiger partial charge in [0, 0.05) is 25.4 Å². The minimum atomic E-state index is -0.0328. The van der Waals surface area contributed by atoms with Crippen LogP contribution in [0.15, 0.2) is 24.7 Å². The molecule has 0 radical (unpaired) electrons. The average Bonchev–Trinajstić information content (AvgIpc) is 2.65. The van der Waals surface area contributed by atoms with E-state index < -0.39 is 0 Å². The van der Waals surface area contributed by atoms with Gasteiger partial charge >= 0.3 is 6.01 Å². The van der Waals surface area contributed by atoms with Gasteiger partial charge in [0.1, 0.15) is 6.33 Å². The van der Waals surface area contributed by atoms with Gasteiger partial charge in [0.15, 0.2) is 0 Å². The van der Waals surface area contributed by atoms with Gasteiger partial charge in [0.2, 0.25) is 5.88 Å². The molecule has 0 aromatic carbocycles. The minimum Gasteiger partial charge on any atom is -0.404 e. The van der Waals surface area contributed by atoms with Crippen LogP contribution in [0.25, 0.3) is 0 Å². The Morgan fingerprint density at radius 1 is 1.38 bits per heavy atom. The first-order valence-electron chi connectivity index (χ1n) is 4.90. The van der Waals surface area contributed by atoms with Gasteiger partial charge in [-0.2, -0.15) is 4.98 Å². The predicted octanol–water partition coefficient (Wildman–Crippen LogP) is 1.02. The first-order valence-corrected chi connectivity index (χ1v) is 4.90. The van der Waals surface area contributed by atoms with E-state index in [1.54, 1.807) is 30.3 Å². The second-order valence-electron chi connectivity index (χ2n) is 3.52. The molecule has 2 aromatic heterocycles. The van der Waals surface area contributed by atoms with E-state index in [2.05, 4.69) is 15.1 Å². The Morgan fingerprint density at radius 2 is 2.19 bits per heavy atom. The molecule has 1 atom stereocenters. The van der Waals surface area contributed by atoms with Crippen LogP contribution in [0.1, 0.15) is 18.5 Å². The van der Waals surface area contributed by atoms with Crippen LogP contribution in [-0.4, -0.2) is 19.7 Å². The Bertz CT molecular complexity index is 462. The summed E-state index contributed by atoms with van der Waals surface area (Å²) >= 11 is 0. The summed E-state index contributed by atoms with van der Waals surface area (Å²) in [7, 11) is 1.77. The van der Waals surface area contributed by atoms with E-state index in [1.165, 1.54) is 0 Å². The van der Waals surface area contributed by atoms with E-state index in [4.69, 9.17) is 10.5 Å². The monoisotopic (exact) mass is 219 g/mol. The molecular formula is C10H13N5O. The lowest BCUT2D eigenvalue weighted by Gasteiger charge is -2.05. The molecular weight excluding hydrogens is 206 g/mol. The number of aryl methyl sites for hydroxylation is 1. The Labute approximate surface area is 93.1 Å². The first-order chi connectivity index (χ1) is 7.65. The summed E-state index contributed by atoms with van der Waals surface area (Å²) in [5.74, 6) is 0.454. The number of hydrogen-bond acceptors (Lipinski definition) is 5. The van der Waals surface area contributed by atoms with Gasteiger partial charge in [-0.3, -0.25) is 4.68 Å². The van der Waals surface area contributed by atoms with E-state index in [9.17, 15) is 0 Å². The van der Waals surface area contributed by atoms with E-state index in [-0.39, 0.29) is 12.1 Å². The third-order valence-corrected chi connectivity index (χ3v) is 2.06. The molecule has 16 heavy (non-hydrogen) atoms. The molecule has 0 spiro atoms. The van der Waals surface area contributed by atoms with Gasteiger partial charge in [-0.15, -0.1) is 5.10 Å². The molecule has 2 N–H and O–H groups in total. The van der Waals surface area contributed by atoms with Crippen molar-refractivity contribution in [2.45, 2.75) is 13.0 Å². The zero-order chi connectivity index (χ0) is 11.5. The number of hydrogen-bond donors (Lipinski definition) is 1. The first kappa shape index (κ1) is 10.6. The molecule has 2 heterocycles. The SMILES string of the molecule is C[C@H](N)c1ccc(Oc2ncn(C)n2)nc1. The summed E-state index contributed by atoms with van der Waals surface area (Å²) in [4.78, 5) is 8.05.